The number of benzene rings is 1. The fourth-order valence-electron chi connectivity index (χ4n) is 2.90. The minimum absolute atomic E-state index is 0.0784. The average molecular weight is 340 g/mol. The SMILES string of the molecule is N#Cc1ccnc(SCC(O)COC2CCCc3ccccc32)c1. The Morgan fingerprint density at radius 3 is 3.12 bits per heavy atom. The second-order valence-electron chi connectivity index (χ2n) is 5.87. The van der Waals surface area contributed by atoms with Gasteiger partial charge in [0.2, 0.25) is 0 Å². The molecule has 0 spiro atoms. The van der Waals surface area contributed by atoms with Crippen molar-refractivity contribution in [1.29, 1.82) is 5.26 Å². The molecule has 24 heavy (non-hydrogen) atoms. The maximum Gasteiger partial charge on any atom is 0.0993 e. The Morgan fingerprint density at radius 1 is 1.38 bits per heavy atom. The molecular weight excluding hydrogens is 320 g/mol. The van der Waals surface area contributed by atoms with Crippen molar-refractivity contribution in [3.63, 3.8) is 0 Å². The summed E-state index contributed by atoms with van der Waals surface area (Å²) in [5.74, 6) is 0.496. The Morgan fingerprint density at radius 2 is 2.25 bits per heavy atom. The van der Waals surface area contributed by atoms with Crippen LogP contribution in [0.15, 0.2) is 47.6 Å². The van der Waals surface area contributed by atoms with Crippen LogP contribution in [-0.4, -0.2) is 28.6 Å². The van der Waals surface area contributed by atoms with Gasteiger partial charge >= 0.3 is 0 Å². The molecule has 1 aromatic carbocycles. The summed E-state index contributed by atoms with van der Waals surface area (Å²) < 4.78 is 5.97. The maximum atomic E-state index is 10.2. The van der Waals surface area contributed by atoms with Crippen molar-refractivity contribution in [2.24, 2.45) is 0 Å². The molecule has 1 heterocycles. The number of aliphatic hydroxyl groups excluding tert-OH is 1. The lowest BCUT2D eigenvalue weighted by molar-refractivity contribution is -0.00959. The number of fused-ring (bicyclic) bond motifs is 1. The van der Waals surface area contributed by atoms with Crippen LogP contribution in [0.2, 0.25) is 0 Å². The van der Waals surface area contributed by atoms with Crippen molar-refractivity contribution >= 4 is 11.8 Å². The van der Waals surface area contributed by atoms with Gasteiger partial charge < -0.3 is 9.84 Å². The van der Waals surface area contributed by atoms with Gasteiger partial charge in [0.1, 0.15) is 0 Å². The van der Waals surface area contributed by atoms with Crippen molar-refractivity contribution in [2.45, 2.75) is 36.5 Å². The molecule has 3 rings (SSSR count). The highest BCUT2D eigenvalue weighted by Crippen LogP contribution is 2.32. The lowest BCUT2D eigenvalue weighted by Gasteiger charge is -2.26. The van der Waals surface area contributed by atoms with E-state index in [0.717, 1.165) is 24.3 Å². The summed E-state index contributed by atoms with van der Waals surface area (Å²) in [6, 6.07) is 13.9. The van der Waals surface area contributed by atoms with Crippen LogP contribution in [0.1, 0.15) is 35.6 Å². The van der Waals surface area contributed by atoms with Gasteiger partial charge in [-0.3, -0.25) is 0 Å². The first kappa shape index (κ1) is 17.0. The molecule has 2 aromatic rings. The summed E-state index contributed by atoms with van der Waals surface area (Å²) in [5.41, 5.74) is 3.19. The highest BCUT2D eigenvalue weighted by molar-refractivity contribution is 7.99. The maximum absolute atomic E-state index is 10.2. The summed E-state index contributed by atoms with van der Waals surface area (Å²) in [7, 11) is 0. The molecule has 1 aromatic heterocycles. The van der Waals surface area contributed by atoms with Crippen molar-refractivity contribution in [3.8, 4) is 6.07 Å². The standard InChI is InChI=1S/C19H20N2O2S/c20-11-14-8-9-21-19(10-14)24-13-16(22)12-23-18-7-3-5-15-4-1-2-6-17(15)18/h1-2,4,6,8-10,16,18,22H,3,5,7,12-13H2. The van der Waals surface area contributed by atoms with E-state index in [0.29, 0.717) is 17.9 Å². The zero-order valence-electron chi connectivity index (χ0n) is 13.4. The van der Waals surface area contributed by atoms with Gasteiger partial charge in [0.15, 0.2) is 0 Å². The third kappa shape index (κ3) is 4.35. The number of aliphatic hydroxyl groups is 1. The van der Waals surface area contributed by atoms with Crippen LogP contribution in [0.5, 0.6) is 0 Å². The number of ether oxygens (including phenoxy) is 1. The molecule has 1 aliphatic rings. The largest absolute Gasteiger partial charge is 0.390 e. The van der Waals surface area contributed by atoms with Crippen LogP contribution >= 0.6 is 11.8 Å². The Balaban J connectivity index is 1.49. The molecule has 1 N–H and O–H groups in total. The second kappa shape index (κ2) is 8.29. The zero-order chi connectivity index (χ0) is 16.8. The zero-order valence-corrected chi connectivity index (χ0v) is 14.2. The van der Waals surface area contributed by atoms with Crippen LogP contribution in [-0.2, 0) is 11.2 Å². The number of pyridine rings is 1. The Hall–Kier alpha value is -1.87. The predicted octanol–water partition coefficient (Wildman–Crippen LogP) is 3.50. The van der Waals surface area contributed by atoms with E-state index >= 15 is 0 Å². The minimum atomic E-state index is -0.559. The van der Waals surface area contributed by atoms with Gasteiger partial charge in [0.25, 0.3) is 0 Å². The fraction of sp³-hybridized carbons (Fsp3) is 0.368. The molecule has 0 saturated carbocycles. The number of rotatable bonds is 6. The predicted molar refractivity (Wildman–Crippen MR) is 93.8 cm³/mol. The molecule has 0 fully saturated rings. The Bertz CT molecular complexity index is 729. The molecule has 2 atom stereocenters. The number of aromatic nitrogens is 1. The van der Waals surface area contributed by atoms with Gasteiger partial charge in [-0.25, -0.2) is 4.98 Å². The number of hydrogen-bond donors (Lipinski definition) is 1. The molecule has 2 unspecified atom stereocenters. The van der Waals surface area contributed by atoms with Gasteiger partial charge in [-0.15, -0.1) is 11.8 Å². The first-order chi connectivity index (χ1) is 11.8. The van der Waals surface area contributed by atoms with Gasteiger partial charge in [0, 0.05) is 11.9 Å². The lowest BCUT2D eigenvalue weighted by Crippen LogP contribution is -2.22. The highest BCUT2D eigenvalue weighted by atomic mass is 32.2. The third-order valence-corrected chi connectivity index (χ3v) is 5.16. The molecule has 0 saturated heterocycles. The number of nitrogens with zero attached hydrogens (tertiary/aromatic N) is 2. The van der Waals surface area contributed by atoms with E-state index in [1.807, 2.05) is 6.07 Å². The summed E-state index contributed by atoms with van der Waals surface area (Å²) in [4.78, 5) is 4.20. The number of hydrogen-bond acceptors (Lipinski definition) is 5. The average Bonchev–Trinajstić information content (AvgIpc) is 2.64. The van der Waals surface area contributed by atoms with Gasteiger partial charge in [-0.05, 0) is 42.5 Å². The van der Waals surface area contributed by atoms with Crippen molar-refractivity contribution in [1.82, 2.24) is 4.98 Å². The summed E-state index contributed by atoms with van der Waals surface area (Å²) in [6.07, 6.45) is 4.37. The van der Waals surface area contributed by atoms with Crippen molar-refractivity contribution in [2.75, 3.05) is 12.4 Å². The molecule has 4 nitrogen and oxygen atoms in total. The molecule has 1 aliphatic carbocycles. The summed E-state index contributed by atoms with van der Waals surface area (Å²) in [5, 5.41) is 19.8. The quantitative estimate of drug-likeness (QED) is 0.815. The molecule has 0 radical (unpaired) electrons. The molecule has 124 valence electrons. The second-order valence-corrected chi connectivity index (χ2v) is 6.91. The molecule has 5 heteroatoms. The normalized spacial score (nSPS) is 17.8. The van der Waals surface area contributed by atoms with Gasteiger partial charge in [-0.1, -0.05) is 24.3 Å². The van der Waals surface area contributed by atoms with E-state index in [1.54, 1.807) is 18.3 Å². The Labute approximate surface area is 146 Å². The first-order valence-corrected chi connectivity index (χ1v) is 9.11. The van der Waals surface area contributed by atoms with Crippen molar-refractivity contribution < 1.29 is 9.84 Å². The van der Waals surface area contributed by atoms with Crippen LogP contribution < -0.4 is 0 Å². The van der Waals surface area contributed by atoms with Crippen LogP contribution in [0.25, 0.3) is 0 Å². The fourth-order valence-corrected chi connectivity index (χ4v) is 3.70. The molecule has 0 bridgehead atoms. The monoisotopic (exact) mass is 340 g/mol. The van der Waals surface area contributed by atoms with Gasteiger partial charge in [0.05, 0.1) is 35.5 Å². The number of nitriles is 1. The van der Waals surface area contributed by atoms with Crippen molar-refractivity contribution in [3.05, 3.63) is 59.3 Å². The van der Waals surface area contributed by atoms with E-state index < -0.39 is 6.10 Å². The van der Waals surface area contributed by atoms with Gasteiger partial charge in [-0.2, -0.15) is 5.26 Å². The van der Waals surface area contributed by atoms with E-state index in [1.165, 1.54) is 22.9 Å². The van der Waals surface area contributed by atoms with Crippen LogP contribution in [0.3, 0.4) is 0 Å². The smallest absolute Gasteiger partial charge is 0.0993 e. The minimum Gasteiger partial charge on any atom is -0.390 e. The van der Waals surface area contributed by atoms with E-state index in [2.05, 4.69) is 29.3 Å². The van der Waals surface area contributed by atoms with E-state index in [9.17, 15) is 5.11 Å². The van der Waals surface area contributed by atoms with Crippen LogP contribution in [0.4, 0.5) is 0 Å². The van der Waals surface area contributed by atoms with E-state index in [4.69, 9.17) is 10.00 Å². The molecular formula is C19H20N2O2S. The number of aryl methyl sites for hydroxylation is 1. The Kier molecular flexibility index (Phi) is 5.86. The first-order valence-electron chi connectivity index (χ1n) is 8.12. The lowest BCUT2D eigenvalue weighted by atomic mass is 9.89. The third-order valence-electron chi connectivity index (χ3n) is 4.09. The van der Waals surface area contributed by atoms with Crippen LogP contribution in [0, 0.1) is 11.3 Å². The van der Waals surface area contributed by atoms with E-state index in [-0.39, 0.29) is 6.10 Å². The highest BCUT2D eigenvalue weighted by Gasteiger charge is 2.21. The number of thioether (sulfide) groups is 1. The summed E-state index contributed by atoms with van der Waals surface area (Å²) in [6.45, 7) is 0.309. The topological polar surface area (TPSA) is 66.1 Å². The molecule has 0 aliphatic heterocycles. The molecule has 0 amide bonds. The summed E-state index contributed by atoms with van der Waals surface area (Å²) >= 11 is 1.44.